The van der Waals surface area contributed by atoms with Gasteiger partial charge in [0.25, 0.3) is 0 Å². The highest BCUT2D eigenvalue weighted by Gasteiger charge is 2.20. The van der Waals surface area contributed by atoms with Crippen LogP contribution in [-0.4, -0.2) is 25.5 Å². The molecule has 0 aromatic heterocycles. The van der Waals surface area contributed by atoms with Crippen LogP contribution >= 0.6 is 0 Å². The number of amides is 1. The molecule has 0 aliphatic carbocycles. The first-order chi connectivity index (χ1) is 8.98. The summed E-state index contributed by atoms with van der Waals surface area (Å²) in [6, 6.07) is 8.32. The maximum atomic E-state index is 11.7. The molecule has 1 aliphatic rings. The Bertz CT molecular complexity index is 404. The Morgan fingerprint density at radius 3 is 2.16 bits per heavy atom. The summed E-state index contributed by atoms with van der Waals surface area (Å²) in [5, 5.41) is 3.08. The highest BCUT2D eigenvalue weighted by atomic mass is 16.2. The molecule has 1 N–H and O–H groups in total. The van der Waals surface area contributed by atoms with Crippen molar-refractivity contribution in [3.8, 4) is 0 Å². The summed E-state index contributed by atoms with van der Waals surface area (Å²) in [4.78, 5) is 13.6. The van der Waals surface area contributed by atoms with Gasteiger partial charge in [0.1, 0.15) is 0 Å². The highest BCUT2D eigenvalue weighted by molar-refractivity contribution is 5.95. The maximum Gasteiger partial charge on any atom is 0.240 e. The van der Waals surface area contributed by atoms with Crippen molar-refractivity contribution in [2.24, 2.45) is 0 Å². The van der Waals surface area contributed by atoms with Gasteiger partial charge < -0.3 is 10.2 Å². The van der Waals surface area contributed by atoms with Crippen LogP contribution in [-0.2, 0) is 10.2 Å². The van der Waals surface area contributed by atoms with Crippen molar-refractivity contribution in [3.05, 3.63) is 29.8 Å². The third kappa shape index (κ3) is 4.06. The fourth-order valence-corrected chi connectivity index (χ4v) is 2.02. The number of benzene rings is 1. The normalized spacial score (nSPS) is 15.8. The van der Waals surface area contributed by atoms with Gasteiger partial charge in [-0.05, 0) is 23.1 Å². The van der Waals surface area contributed by atoms with E-state index in [1.807, 2.05) is 30.9 Å². The number of hydrogen-bond acceptors (Lipinski definition) is 2. The number of rotatable bonds is 1. The third-order valence-corrected chi connectivity index (χ3v) is 3.13. The first kappa shape index (κ1) is 15.7. The summed E-state index contributed by atoms with van der Waals surface area (Å²) in [6.07, 6.45) is 0. The average molecular weight is 262 g/mol. The molecule has 19 heavy (non-hydrogen) atoms. The van der Waals surface area contributed by atoms with Crippen LogP contribution in [0.5, 0.6) is 0 Å². The van der Waals surface area contributed by atoms with E-state index in [0.29, 0.717) is 6.54 Å². The number of hydrogen-bond donors (Lipinski definition) is 1. The van der Waals surface area contributed by atoms with Gasteiger partial charge in [-0.1, -0.05) is 46.8 Å². The van der Waals surface area contributed by atoms with Gasteiger partial charge in [0.2, 0.25) is 5.91 Å². The molecule has 3 nitrogen and oxygen atoms in total. The van der Waals surface area contributed by atoms with Gasteiger partial charge in [-0.15, -0.1) is 0 Å². The summed E-state index contributed by atoms with van der Waals surface area (Å²) in [6.45, 7) is 12.6. The van der Waals surface area contributed by atoms with Gasteiger partial charge >= 0.3 is 0 Å². The van der Waals surface area contributed by atoms with E-state index < -0.39 is 0 Å². The van der Waals surface area contributed by atoms with Crippen LogP contribution in [0, 0.1) is 0 Å². The van der Waals surface area contributed by atoms with Crippen LogP contribution in [0.4, 0.5) is 5.69 Å². The van der Waals surface area contributed by atoms with Crippen LogP contribution < -0.4 is 10.2 Å². The van der Waals surface area contributed by atoms with Crippen molar-refractivity contribution in [1.82, 2.24) is 5.32 Å². The van der Waals surface area contributed by atoms with E-state index >= 15 is 0 Å². The lowest BCUT2D eigenvalue weighted by Gasteiger charge is -2.28. The SMILES string of the molecule is CC.CC(C)(C)c1ccc(N2CCNCC2=O)cc1. The van der Waals surface area contributed by atoms with Crippen LogP contribution in [0.25, 0.3) is 0 Å². The lowest BCUT2D eigenvalue weighted by Crippen LogP contribution is -2.48. The van der Waals surface area contributed by atoms with Gasteiger partial charge in [-0.25, -0.2) is 0 Å². The third-order valence-electron chi connectivity index (χ3n) is 3.13. The van der Waals surface area contributed by atoms with E-state index in [0.717, 1.165) is 18.8 Å². The molecular weight excluding hydrogens is 236 g/mol. The highest BCUT2D eigenvalue weighted by Crippen LogP contribution is 2.25. The van der Waals surface area contributed by atoms with Crippen molar-refractivity contribution in [2.75, 3.05) is 24.5 Å². The van der Waals surface area contributed by atoms with Gasteiger partial charge in [0.15, 0.2) is 0 Å². The fourth-order valence-electron chi connectivity index (χ4n) is 2.02. The second kappa shape index (κ2) is 6.71. The predicted octanol–water partition coefficient (Wildman–Crippen LogP) is 2.95. The standard InChI is InChI=1S/C14H20N2O.C2H6/c1-14(2,3)11-4-6-12(7-5-11)16-9-8-15-10-13(16)17;1-2/h4-7,15H,8-10H2,1-3H3;1-2H3. The Morgan fingerprint density at radius 2 is 1.68 bits per heavy atom. The molecule has 1 aliphatic heterocycles. The smallest absolute Gasteiger partial charge is 0.240 e. The zero-order valence-corrected chi connectivity index (χ0v) is 12.8. The first-order valence-electron chi connectivity index (χ1n) is 7.10. The van der Waals surface area contributed by atoms with Crippen molar-refractivity contribution in [2.45, 2.75) is 40.0 Å². The molecule has 0 spiro atoms. The van der Waals surface area contributed by atoms with Crippen molar-refractivity contribution < 1.29 is 4.79 Å². The minimum absolute atomic E-state index is 0.153. The zero-order valence-electron chi connectivity index (χ0n) is 12.8. The number of carbonyl (C=O) groups is 1. The summed E-state index contributed by atoms with van der Waals surface area (Å²) in [7, 11) is 0. The van der Waals surface area contributed by atoms with E-state index in [-0.39, 0.29) is 11.3 Å². The summed E-state index contributed by atoms with van der Waals surface area (Å²) >= 11 is 0. The van der Waals surface area contributed by atoms with E-state index in [9.17, 15) is 4.79 Å². The number of nitrogens with one attached hydrogen (secondary N) is 1. The topological polar surface area (TPSA) is 32.3 Å². The van der Waals surface area contributed by atoms with Gasteiger partial charge in [0, 0.05) is 18.8 Å². The van der Waals surface area contributed by atoms with E-state index in [1.165, 1.54) is 5.56 Å². The molecule has 1 saturated heterocycles. The van der Waals surface area contributed by atoms with Gasteiger partial charge in [-0.2, -0.15) is 0 Å². The number of anilines is 1. The summed E-state index contributed by atoms with van der Waals surface area (Å²) in [5.74, 6) is 0.153. The predicted molar refractivity (Wildman–Crippen MR) is 81.7 cm³/mol. The van der Waals surface area contributed by atoms with Crippen molar-refractivity contribution >= 4 is 11.6 Å². The summed E-state index contributed by atoms with van der Waals surface area (Å²) < 4.78 is 0. The molecule has 0 atom stereocenters. The molecule has 3 heteroatoms. The van der Waals surface area contributed by atoms with Gasteiger partial charge in [-0.3, -0.25) is 4.79 Å². The zero-order chi connectivity index (χ0) is 14.5. The van der Waals surface area contributed by atoms with Crippen molar-refractivity contribution in [1.29, 1.82) is 0 Å². The lowest BCUT2D eigenvalue weighted by molar-refractivity contribution is -0.118. The Kier molecular flexibility index (Phi) is 5.55. The molecule has 2 rings (SSSR count). The molecule has 1 amide bonds. The fraction of sp³-hybridized carbons (Fsp3) is 0.562. The lowest BCUT2D eigenvalue weighted by atomic mass is 9.87. The molecule has 1 aromatic rings. The Balaban J connectivity index is 0.000000861. The largest absolute Gasteiger partial charge is 0.310 e. The van der Waals surface area contributed by atoms with E-state index in [1.54, 1.807) is 0 Å². The second-order valence-corrected chi connectivity index (χ2v) is 5.52. The summed E-state index contributed by atoms with van der Waals surface area (Å²) in [5.41, 5.74) is 2.46. The van der Waals surface area contributed by atoms with Gasteiger partial charge in [0.05, 0.1) is 6.54 Å². The first-order valence-corrected chi connectivity index (χ1v) is 7.10. The molecule has 1 heterocycles. The molecule has 1 fully saturated rings. The molecular formula is C16H26N2O. The van der Waals surface area contributed by atoms with Crippen LogP contribution in [0.3, 0.4) is 0 Å². The van der Waals surface area contributed by atoms with E-state index in [2.05, 4.69) is 38.2 Å². The Morgan fingerprint density at radius 1 is 1.11 bits per heavy atom. The minimum Gasteiger partial charge on any atom is -0.310 e. The second-order valence-electron chi connectivity index (χ2n) is 5.52. The van der Waals surface area contributed by atoms with E-state index in [4.69, 9.17) is 0 Å². The number of piperazine rings is 1. The quantitative estimate of drug-likeness (QED) is 0.844. The molecule has 0 bridgehead atoms. The Labute approximate surface area is 117 Å². The monoisotopic (exact) mass is 262 g/mol. The van der Waals surface area contributed by atoms with Crippen molar-refractivity contribution in [3.63, 3.8) is 0 Å². The Hall–Kier alpha value is -1.35. The van der Waals surface area contributed by atoms with Crippen LogP contribution in [0.15, 0.2) is 24.3 Å². The van der Waals surface area contributed by atoms with Crippen LogP contribution in [0.2, 0.25) is 0 Å². The molecule has 0 unspecified atom stereocenters. The molecule has 1 aromatic carbocycles. The maximum absolute atomic E-state index is 11.7. The number of nitrogens with zero attached hydrogens (tertiary/aromatic N) is 1. The molecule has 0 radical (unpaired) electrons. The van der Waals surface area contributed by atoms with Crippen LogP contribution in [0.1, 0.15) is 40.2 Å². The molecule has 0 saturated carbocycles. The molecule has 106 valence electrons. The average Bonchev–Trinajstić information content (AvgIpc) is 2.41. The minimum atomic E-state index is 0.153. The number of carbonyl (C=O) groups excluding carboxylic acids is 1.